The number of unbranched alkanes of at least 4 members (excludes halogenated alkanes) is 1. The Kier molecular flexibility index (Phi) is 13.1. The molecule has 2 atom stereocenters. The maximum atomic E-state index is 12.4. The number of hydrogen-bond acceptors (Lipinski definition) is 7. The standard InChI is InChI=1S/C28H38NO7P/c1-5-6-17-33-25-14-12-22(13-15-25)19-24(29-27(31)36-28(2,3)4)21-35-37(32)18-16-26(30)34-20-23-10-8-7-9-11-23/h7-15,24H,5-6,16-21H2,1-4H3/p+1. The van der Waals surface area contributed by atoms with Gasteiger partial charge >= 0.3 is 20.1 Å². The Morgan fingerprint density at radius 1 is 1.00 bits per heavy atom. The number of hydrogen-bond donors (Lipinski definition) is 1. The first-order valence-electron chi connectivity index (χ1n) is 12.6. The van der Waals surface area contributed by atoms with Crippen LogP contribution >= 0.6 is 8.03 Å². The van der Waals surface area contributed by atoms with E-state index in [4.69, 9.17) is 18.7 Å². The zero-order valence-electron chi connectivity index (χ0n) is 22.2. The van der Waals surface area contributed by atoms with Crippen molar-refractivity contribution < 1.29 is 32.9 Å². The molecule has 0 aromatic heterocycles. The molecule has 1 amide bonds. The lowest BCUT2D eigenvalue weighted by molar-refractivity contribution is -0.144. The van der Waals surface area contributed by atoms with Gasteiger partial charge in [-0.05, 0) is 61.4 Å². The molecule has 0 saturated heterocycles. The second-order valence-corrected chi connectivity index (χ2v) is 11.0. The van der Waals surface area contributed by atoms with Gasteiger partial charge in [0.1, 0.15) is 24.6 Å². The van der Waals surface area contributed by atoms with Crippen LogP contribution in [0.2, 0.25) is 0 Å². The molecule has 0 spiro atoms. The third-order valence-corrected chi connectivity index (χ3v) is 6.08. The summed E-state index contributed by atoms with van der Waals surface area (Å²) in [6.45, 7) is 8.29. The summed E-state index contributed by atoms with van der Waals surface area (Å²) in [7, 11) is -2.11. The minimum absolute atomic E-state index is 0.00224. The predicted molar refractivity (Wildman–Crippen MR) is 143 cm³/mol. The van der Waals surface area contributed by atoms with E-state index in [1.54, 1.807) is 20.8 Å². The quantitative estimate of drug-likeness (QED) is 0.166. The normalized spacial score (nSPS) is 12.4. The molecule has 9 heteroatoms. The van der Waals surface area contributed by atoms with Crippen molar-refractivity contribution >= 4 is 20.1 Å². The Bertz CT molecular complexity index is 974. The van der Waals surface area contributed by atoms with Crippen LogP contribution in [-0.2, 0) is 36.4 Å². The minimum atomic E-state index is -2.11. The van der Waals surface area contributed by atoms with E-state index in [-0.39, 0.29) is 25.8 Å². The van der Waals surface area contributed by atoms with E-state index >= 15 is 0 Å². The molecule has 202 valence electrons. The number of carbonyl (C=O) groups is 2. The van der Waals surface area contributed by atoms with E-state index in [0.29, 0.717) is 13.0 Å². The maximum Gasteiger partial charge on any atom is 0.508 e. The molecule has 0 saturated carbocycles. The van der Waals surface area contributed by atoms with Crippen molar-refractivity contribution in [3.8, 4) is 5.75 Å². The van der Waals surface area contributed by atoms with Crippen LogP contribution in [0.3, 0.4) is 0 Å². The van der Waals surface area contributed by atoms with Crippen molar-refractivity contribution in [2.45, 2.75) is 71.6 Å². The highest BCUT2D eigenvalue weighted by molar-refractivity contribution is 7.39. The van der Waals surface area contributed by atoms with Crippen LogP contribution in [0.25, 0.3) is 0 Å². The number of carbonyl (C=O) groups excluding carboxylic acids is 2. The highest BCUT2D eigenvalue weighted by atomic mass is 31.1. The Morgan fingerprint density at radius 3 is 2.35 bits per heavy atom. The molecule has 2 aromatic rings. The fourth-order valence-electron chi connectivity index (χ4n) is 3.20. The van der Waals surface area contributed by atoms with Gasteiger partial charge in [-0.15, -0.1) is 4.52 Å². The predicted octanol–water partition coefficient (Wildman–Crippen LogP) is 6.19. The van der Waals surface area contributed by atoms with Gasteiger partial charge in [0.05, 0.1) is 19.1 Å². The molecular formula is C28H39NO7P+. The van der Waals surface area contributed by atoms with E-state index in [2.05, 4.69) is 12.2 Å². The van der Waals surface area contributed by atoms with Crippen molar-refractivity contribution in [2.24, 2.45) is 0 Å². The molecule has 0 radical (unpaired) electrons. The average Bonchev–Trinajstić information content (AvgIpc) is 2.85. The Morgan fingerprint density at radius 2 is 1.70 bits per heavy atom. The second kappa shape index (κ2) is 16.0. The molecule has 0 fully saturated rings. The van der Waals surface area contributed by atoms with Crippen LogP contribution in [0.4, 0.5) is 4.79 Å². The van der Waals surface area contributed by atoms with Crippen LogP contribution in [0.5, 0.6) is 5.75 Å². The minimum Gasteiger partial charge on any atom is -0.494 e. The molecule has 0 aliphatic heterocycles. The third-order valence-electron chi connectivity index (χ3n) is 5.05. The number of ether oxygens (including phenoxy) is 3. The molecular weight excluding hydrogens is 493 g/mol. The average molecular weight is 533 g/mol. The van der Waals surface area contributed by atoms with Crippen molar-refractivity contribution in [3.05, 3.63) is 65.7 Å². The lowest BCUT2D eigenvalue weighted by Crippen LogP contribution is -2.42. The fraction of sp³-hybridized carbons (Fsp3) is 0.500. The van der Waals surface area contributed by atoms with Crippen LogP contribution in [0, 0.1) is 0 Å². The monoisotopic (exact) mass is 532 g/mol. The summed E-state index contributed by atoms with van der Waals surface area (Å²) in [6.07, 6.45) is 1.92. The summed E-state index contributed by atoms with van der Waals surface area (Å²) in [4.78, 5) is 24.4. The number of rotatable bonds is 15. The number of alkyl carbamates (subject to hydrolysis) is 1. The summed E-state index contributed by atoms with van der Waals surface area (Å²) in [5.41, 5.74) is 1.18. The molecule has 2 rings (SSSR count). The lowest BCUT2D eigenvalue weighted by Gasteiger charge is -2.23. The van der Waals surface area contributed by atoms with Crippen LogP contribution in [-0.4, -0.2) is 43.1 Å². The Hall–Kier alpha value is -2.96. The van der Waals surface area contributed by atoms with Crippen molar-refractivity contribution in [3.63, 3.8) is 0 Å². The number of nitrogens with one attached hydrogen (secondary N) is 1. The molecule has 8 nitrogen and oxygen atoms in total. The fourth-order valence-corrected chi connectivity index (χ4v) is 4.04. The van der Waals surface area contributed by atoms with E-state index in [1.807, 2.05) is 54.6 Å². The summed E-state index contributed by atoms with van der Waals surface area (Å²) < 4.78 is 34.2. The van der Waals surface area contributed by atoms with Crippen LogP contribution < -0.4 is 10.1 Å². The summed E-state index contributed by atoms with van der Waals surface area (Å²) in [5.74, 6) is 0.341. The molecule has 1 N–H and O–H groups in total. The van der Waals surface area contributed by atoms with Gasteiger partial charge in [0.15, 0.2) is 6.16 Å². The van der Waals surface area contributed by atoms with E-state index in [0.717, 1.165) is 29.7 Å². The SMILES string of the molecule is CCCCOc1ccc(CC(CO[P+](=O)CCC(=O)OCc2ccccc2)NC(=O)OC(C)(C)C)cc1. The Balaban J connectivity index is 1.86. The van der Waals surface area contributed by atoms with Crippen LogP contribution in [0.1, 0.15) is 58.1 Å². The van der Waals surface area contributed by atoms with Gasteiger partial charge in [-0.25, -0.2) is 4.79 Å². The Labute approximate surface area is 220 Å². The molecule has 0 aliphatic rings. The van der Waals surface area contributed by atoms with Gasteiger partial charge in [0, 0.05) is 0 Å². The van der Waals surface area contributed by atoms with Crippen molar-refractivity contribution in [1.29, 1.82) is 0 Å². The van der Waals surface area contributed by atoms with Gasteiger partial charge < -0.3 is 19.5 Å². The first-order chi connectivity index (χ1) is 17.6. The molecule has 2 unspecified atom stereocenters. The molecule has 0 heterocycles. The van der Waals surface area contributed by atoms with Crippen molar-refractivity contribution in [2.75, 3.05) is 19.4 Å². The van der Waals surface area contributed by atoms with Gasteiger partial charge in [-0.2, -0.15) is 0 Å². The van der Waals surface area contributed by atoms with Crippen LogP contribution in [0.15, 0.2) is 54.6 Å². The van der Waals surface area contributed by atoms with Gasteiger partial charge in [-0.1, -0.05) is 55.8 Å². The topological polar surface area (TPSA) is 100 Å². The van der Waals surface area contributed by atoms with Crippen molar-refractivity contribution in [1.82, 2.24) is 5.32 Å². The summed E-state index contributed by atoms with van der Waals surface area (Å²) in [6, 6.07) is 16.5. The van der Waals surface area contributed by atoms with E-state index < -0.39 is 31.7 Å². The molecule has 0 aliphatic carbocycles. The van der Waals surface area contributed by atoms with Gasteiger partial charge in [0.2, 0.25) is 0 Å². The largest absolute Gasteiger partial charge is 0.508 e. The first-order valence-corrected chi connectivity index (χ1v) is 14.0. The van der Waals surface area contributed by atoms with E-state index in [9.17, 15) is 14.2 Å². The maximum absolute atomic E-state index is 12.4. The smallest absolute Gasteiger partial charge is 0.494 e. The summed E-state index contributed by atoms with van der Waals surface area (Å²) in [5, 5.41) is 2.80. The number of benzene rings is 2. The lowest BCUT2D eigenvalue weighted by atomic mass is 10.1. The number of amides is 1. The van der Waals surface area contributed by atoms with Gasteiger partial charge in [-0.3, -0.25) is 4.79 Å². The van der Waals surface area contributed by atoms with Gasteiger partial charge in [0.25, 0.3) is 0 Å². The molecule has 37 heavy (non-hydrogen) atoms. The molecule has 2 aromatic carbocycles. The second-order valence-electron chi connectivity index (χ2n) is 9.64. The molecule has 0 bridgehead atoms. The number of esters is 1. The first kappa shape index (κ1) is 30.3. The highest BCUT2D eigenvalue weighted by Gasteiger charge is 2.25. The summed E-state index contributed by atoms with van der Waals surface area (Å²) >= 11 is 0. The highest BCUT2D eigenvalue weighted by Crippen LogP contribution is 2.24. The third kappa shape index (κ3) is 13.8. The zero-order valence-corrected chi connectivity index (χ0v) is 23.1. The zero-order chi connectivity index (χ0) is 27.1. The van der Waals surface area contributed by atoms with E-state index in [1.165, 1.54) is 0 Å².